The van der Waals surface area contributed by atoms with Gasteiger partial charge in [-0.05, 0) is 31.5 Å². The summed E-state index contributed by atoms with van der Waals surface area (Å²) < 4.78 is 1.55. The summed E-state index contributed by atoms with van der Waals surface area (Å²) in [7, 11) is 1.70. The molecule has 0 aliphatic heterocycles. The van der Waals surface area contributed by atoms with Crippen LogP contribution in [0.15, 0.2) is 23.0 Å². The summed E-state index contributed by atoms with van der Waals surface area (Å²) in [4.78, 5) is 27.9. The van der Waals surface area contributed by atoms with Crippen LogP contribution in [0.3, 0.4) is 0 Å². The topological polar surface area (TPSA) is 64.0 Å². The third-order valence-electron chi connectivity index (χ3n) is 3.04. The molecular weight excluding hydrogens is 242 g/mol. The second kappa shape index (κ2) is 5.22. The van der Waals surface area contributed by atoms with Crippen molar-refractivity contribution in [2.45, 2.75) is 20.3 Å². The molecule has 0 aliphatic rings. The maximum atomic E-state index is 11.9. The number of benzene rings is 1. The van der Waals surface area contributed by atoms with E-state index >= 15 is 0 Å². The monoisotopic (exact) mass is 259 g/mol. The van der Waals surface area contributed by atoms with Gasteiger partial charge in [-0.1, -0.05) is 6.92 Å². The van der Waals surface area contributed by atoms with Crippen LogP contribution in [0.25, 0.3) is 11.0 Å². The molecule has 0 atom stereocenters. The van der Waals surface area contributed by atoms with Crippen LogP contribution in [0, 0.1) is 6.92 Å². The molecule has 0 unspecified atom stereocenters. The molecule has 100 valence electrons. The van der Waals surface area contributed by atoms with Crippen molar-refractivity contribution in [3.8, 4) is 0 Å². The number of nitrogens with zero attached hydrogens (tertiary/aromatic N) is 2. The predicted molar refractivity (Wildman–Crippen MR) is 74.3 cm³/mol. The smallest absolute Gasteiger partial charge is 0.272 e. The molecule has 0 saturated heterocycles. The normalized spacial score (nSPS) is 10.7. The van der Waals surface area contributed by atoms with Crippen LogP contribution in [0.5, 0.6) is 0 Å². The third-order valence-corrected chi connectivity index (χ3v) is 3.04. The molecular formula is C14H17N3O2. The number of rotatable bonds is 3. The Morgan fingerprint density at radius 2 is 2.16 bits per heavy atom. The Morgan fingerprint density at radius 3 is 2.84 bits per heavy atom. The van der Waals surface area contributed by atoms with Crippen LogP contribution in [-0.4, -0.2) is 22.0 Å². The molecule has 2 rings (SSSR count). The number of hydrogen-bond donors (Lipinski definition) is 1. The molecule has 1 N–H and O–H groups in total. The van der Waals surface area contributed by atoms with E-state index in [-0.39, 0.29) is 11.5 Å². The van der Waals surface area contributed by atoms with Gasteiger partial charge in [-0.25, -0.2) is 4.98 Å². The Labute approximate surface area is 111 Å². The second-order valence-electron chi connectivity index (χ2n) is 4.52. The van der Waals surface area contributed by atoms with Crippen LogP contribution in [0.4, 0.5) is 0 Å². The van der Waals surface area contributed by atoms with Crippen molar-refractivity contribution in [1.29, 1.82) is 0 Å². The van der Waals surface area contributed by atoms with Gasteiger partial charge in [-0.2, -0.15) is 0 Å². The minimum absolute atomic E-state index is 0.114. The average Bonchev–Trinajstić information content (AvgIpc) is 2.41. The van der Waals surface area contributed by atoms with E-state index in [1.165, 1.54) is 0 Å². The lowest BCUT2D eigenvalue weighted by Crippen LogP contribution is -2.24. The van der Waals surface area contributed by atoms with Gasteiger partial charge in [0.1, 0.15) is 5.69 Å². The first-order valence-electron chi connectivity index (χ1n) is 6.30. The van der Waals surface area contributed by atoms with Crippen molar-refractivity contribution in [2.24, 2.45) is 7.05 Å². The molecule has 5 heteroatoms. The highest BCUT2D eigenvalue weighted by Gasteiger charge is 2.09. The zero-order chi connectivity index (χ0) is 14.0. The lowest BCUT2D eigenvalue weighted by Gasteiger charge is -2.08. The number of carbonyl (C=O) groups is 1. The van der Waals surface area contributed by atoms with Gasteiger partial charge in [-0.15, -0.1) is 0 Å². The van der Waals surface area contributed by atoms with Crippen molar-refractivity contribution in [3.63, 3.8) is 0 Å². The number of fused-ring (bicyclic) bond motifs is 1. The van der Waals surface area contributed by atoms with Gasteiger partial charge in [0.05, 0.1) is 11.0 Å². The molecule has 0 aliphatic carbocycles. The Morgan fingerprint density at radius 1 is 1.42 bits per heavy atom. The van der Waals surface area contributed by atoms with Gasteiger partial charge in [0.25, 0.3) is 11.5 Å². The third kappa shape index (κ3) is 2.50. The van der Waals surface area contributed by atoms with Crippen molar-refractivity contribution in [1.82, 2.24) is 14.9 Å². The van der Waals surface area contributed by atoms with E-state index in [0.717, 1.165) is 11.9 Å². The summed E-state index contributed by atoms with van der Waals surface area (Å²) in [5.41, 5.74) is 2.26. The number of aryl methyl sites for hydroxylation is 2. The minimum Gasteiger partial charge on any atom is -0.352 e. The van der Waals surface area contributed by atoms with E-state index in [4.69, 9.17) is 0 Å². The predicted octanol–water partition coefficient (Wildman–Crippen LogP) is 1.38. The number of amides is 1. The van der Waals surface area contributed by atoms with Gasteiger partial charge in [0, 0.05) is 19.2 Å². The number of hydrogen-bond acceptors (Lipinski definition) is 3. The van der Waals surface area contributed by atoms with Crippen molar-refractivity contribution < 1.29 is 4.79 Å². The van der Waals surface area contributed by atoms with Crippen molar-refractivity contribution >= 4 is 16.9 Å². The van der Waals surface area contributed by atoms with Crippen molar-refractivity contribution in [3.05, 3.63) is 39.8 Å². The highest BCUT2D eigenvalue weighted by molar-refractivity contribution is 5.97. The van der Waals surface area contributed by atoms with Crippen LogP contribution in [-0.2, 0) is 7.05 Å². The molecule has 0 spiro atoms. The summed E-state index contributed by atoms with van der Waals surface area (Å²) in [6.45, 7) is 4.32. The van der Waals surface area contributed by atoms with Gasteiger partial charge in [0.15, 0.2) is 0 Å². The lowest BCUT2D eigenvalue weighted by atomic mass is 10.1. The lowest BCUT2D eigenvalue weighted by molar-refractivity contribution is 0.0954. The van der Waals surface area contributed by atoms with Gasteiger partial charge >= 0.3 is 0 Å². The summed E-state index contributed by atoms with van der Waals surface area (Å²) in [6, 6.07) is 5.18. The Balaban J connectivity index is 2.49. The first kappa shape index (κ1) is 13.3. The Hall–Kier alpha value is -2.17. The van der Waals surface area contributed by atoms with E-state index < -0.39 is 0 Å². The van der Waals surface area contributed by atoms with E-state index in [0.29, 0.717) is 23.3 Å². The SMILES string of the molecule is CCCNC(=O)c1ccc2c(c1)nc(C)c(=O)n2C. The number of nitrogens with one attached hydrogen (secondary N) is 1. The molecule has 5 nitrogen and oxygen atoms in total. The van der Waals surface area contributed by atoms with Gasteiger partial charge < -0.3 is 9.88 Å². The fourth-order valence-corrected chi connectivity index (χ4v) is 1.96. The summed E-state index contributed by atoms with van der Waals surface area (Å²) in [5.74, 6) is -0.114. The fraction of sp³-hybridized carbons (Fsp3) is 0.357. The Kier molecular flexibility index (Phi) is 3.64. The van der Waals surface area contributed by atoms with E-state index in [1.54, 1.807) is 36.7 Å². The van der Waals surface area contributed by atoms with E-state index in [1.807, 2.05) is 6.92 Å². The average molecular weight is 259 g/mol. The number of carbonyl (C=O) groups excluding carboxylic acids is 1. The molecule has 0 fully saturated rings. The van der Waals surface area contributed by atoms with Gasteiger partial charge in [-0.3, -0.25) is 9.59 Å². The maximum absolute atomic E-state index is 11.9. The van der Waals surface area contributed by atoms with E-state index in [9.17, 15) is 9.59 Å². The standard InChI is InChI=1S/C14H17N3O2/c1-4-7-15-13(18)10-5-6-12-11(8-10)16-9(2)14(19)17(12)3/h5-6,8H,4,7H2,1-3H3,(H,15,18). The molecule has 2 aromatic rings. The summed E-state index contributed by atoms with van der Waals surface area (Å²) >= 11 is 0. The maximum Gasteiger partial charge on any atom is 0.272 e. The first-order chi connectivity index (χ1) is 9.04. The zero-order valence-electron chi connectivity index (χ0n) is 11.4. The van der Waals surface area contributed by atoms with Crippen LogP contribution in [0.2, 0.25) is 0 Å². The highest BCUT2D eigenvalue weighted by Crippen LogP contribution is 2.12. The van der Waals surface area contributed by atoms with Crippen LogP contribution >= 0.6 is 0 Å². The molecule has 0 saturated carbocycles. The molecule has 1 aromatic heterocycles. The van der Waals surface area contributed by atoms with E-state index in [2.05, 4.69) is 10.3 Å². The highest BCUT2D eigenvalue weighted by atomic mass is 16.1. The van der Waals surface area contributed by atoms with Crippen molar-refractivity contribution in [2.75, 3.05) is 6.54 Å². The second-order valence-corrected chi connectivity index (χ2v) is 4.52. The fourth-order valence-electron chi connectivity index (χ4n) is 1.96. The molecule has 0 radical (unpaired) electrons. The molecule has 1 heterocycles. The quantitative estimate of drug-likeness (QED) is 0.905. The number of aromatic nitrogens is 2. The summed E-state index contributed by atoms with van der Waals surface area (Å²) in [6.07, 6.45) is 0.894. The first-order valence-corrected chi connectivity index (χ1v) is 6.30. The molecule has 1 aromatic carbocycles. The van der Waals surface area contributed by atoms with Crippen LogP contribution in [0.1, 0.15) is 29.4 Å². The minimum atomic E-state index is -0.115. The molecule has 19 heavy (non-hydrogen) atoms. The van der Waals surface area contributed by atoms with Crippen LogP contribution < -0.4 is 10.9 Å². The largest absolute Gasteiger partial charge is 0.352 e. The molecule has 1 amide bonds. The summed E-state index contributed by atoms with van der Waals surface area (Å²) in [5, 5.41) is 2.82. The zero-order valence-corrected chi connectivity index (χ0v) is 11.4. The van der Waals surface area contributed by atoms with Gasteiger partial charge in [0.2, 0.25) is 0 Å². The molecule has 0 bridgehead atoms. The Bertz CT molecular complexity index is 689.